The first kappa shape index (κ1) is 22.1. The lowest BCUT2D eigenvalue weighted by atomic mass is 9.94. The van der Waals surface area contributed by atoms with Gasteiger partial charge in [0.25, 0.3) is 5.91 Å². The first-order chi connectivity index (χ1) is 15.7. The lowest BCUT2D eigenvalue weighted by molar-refractivity contribution is 0.0936. The van der Waals surface area contributed by atoms with E-state index in [1.807, 2.05) is 60.7 Å². The Morgan fingerprint density at radius 3 is 2.28 bits per heavy atom. The molecule has 3 nitrogen and oxygen atoms in total. The molecule has 0 bridgehead atoms. The van der Waals surface area contributed by atoms with Crippen LogP contribution in [0.1, 0.15) is 40.9 Å². The molecule has 0 aliphatic carbocycles. The van der Waals surface area contributed by atoms with Gasteiger partial charge in [0.2, 0.25) is 0 Å². The average molecular weight is 441 g/mol. The Bertz CT molecular complexity index is 1190. The van der Waals surface area contributed by atoms with Gasteiger partial charge in [-0.05, 0) is 42.0 Å². The van der Waals surface area contributed by atoms with Crippen molar-refractivity contribution in [2.45, 2.75) is 25.8 Å². The van der Waals surface area contributed by atoms with Crippen LogP contribution in [0.4, 0.5) is 0 Å². The molecule has 0 aliphatic rings. The van der Waals surface area contributed by atoms with Crippen molar-refractivity contribution in [3.63, 3.8) is 0 Å². The summed E-state index contributed by atoms with van der Waals surface area (Å²) in [6.07, 6.45) is 3.71. The van der Waals surface area contributed by atoms with E-state index < -0.39 is 0 Å². The van der Waals surface area contributed by atoms with Crippen molar-refractivity contribution in [3.8, 4) is 11.3 Å². The number of hydrogen-bond donors (Lipinski definition) is 1. The summed E-state index contributed by atoms with van der Waals surface area (Å²) in [7, 11) is 0. The molecule has 0 saturated carbocycles. The van der Waals surface area contributed by atoms with Crippen LogP contribution in [0.15, 0.2) is 84.9 Å². The number of thioether (sulfide) groups is 1. The van der Waals surface area contributed by atoms with Crippen molar-refractivity contribution < 1.29 is 4.79 Å². The number of amides is 1. The minimum atomic E-state index is -0.0378. The number of nitrogens with zero attached hydrogens (tertiary/aromatic N) is 1. The molecule has 1 atom stereocenters. The van der Waals surface area contributed by atoms with Crippen LogP contribution in [0.5, 0.6) is 0 Å². The predicted molar refractivity (Wildman–Crippen MR) is 136 cm³/mol. The monoisotopic (exact) mass is 440 g/mol. The summed E-state index contributed by atoms with van der Waals surface area (Å²) in [6, 6.07) is 28.3. The number of benzene rings is 3. The van der Waals surface area contributed by atoms with Gasteiger partial charge in [0, 0.05) is 10.9 Å². The topological polar surface area (TPSA) is 42.0 Å². The molecule has 4 aromatic rings. The van der Waals surface area contributed by atoms with Crippen molar-refractivity contribution in [3.05, 3.63) is 102 Å². The molecule has 0 fully saturated rings. The summed E-state index contributed by atoms with van der Waals surface area (Å²) in [5, 5.41) is 4.22. The lowest BCUT2D eigenvalue weighted by Gasteiger charge is -2.21. The Kier molecular flexibility index (Phi) is 7.23. The summed E-state index contributed by atoms with van der Waals surface area (Å²) in [5.74, 6) is 0.892. The maximum atomic E-state index is 13.8. The van der Waals surface area contributed by atoms with Crippen molar-refractivity contribution >= 4 is 28.6 Å². The molecular weight excluding hydrogens is 412 g/mol. The van der Waals surface area contributed by atoms with Gasteiger partial charge in [0.15, 0.2) is 0 Å². The zero-order valence-corrected chi connectivity index (χ0v) is 19.4. The third-order valence-electron chi connectivity index (χ3n) is 5.74. The molecule has 4 rings (SSSR count). The van der Waals surface area contributed by atoms with Crippen molar-refractivity contribution in [2.24, 2.45) is 0 Å². The van der Waals surface area contributed by atoms with Gasteiger partial charge in [0.05, 0.1) is 22.8 Å². The first-order valence-electron chi connectivity index (χ1n) is 11.0. The number of hydrogen-bond acceptors (Lipinski definition) is 3. The lowest BCUT2D eigenvalue weighted by Crippen LogP contribution is -2.29. The SMILES string of the molecule is CCC(NC(=O)c1c(CCSC)c(-c2ccccc2)nc2ccccc12)c1ccccc1. The molecule has 0 saturated heterocycles. The van der Waals surface area contributed by atoms with Gasteiger partial charge in [-0.3, -0.25) is 4.79 Å². The van der Waals surface area contributed by atoms with Gasteiger partial charge in [0.1, 0.15) is 0 Å². The summed E-state index contributed by atoms with van der Waals surface area (Å²) in [6.45, 7) is 2.10. The van der Waals surface area contributed by atoms with E-state index in [-0.39, 0.29) is 11.9 Å². The standard InChI is InChI=1S/C28H28N2OS/c1-3-24(20-12-6-4-7-13-20)30-28(31)26-22-16-10-11-17-25(22)29-27(23(26)18-19-32-2)21-14-8-5-9-15-21/h4-17,24H,3,18-19H2,1-2H3,(H,30,31). The smallest absolute Gasteiger partial charge is 0.252 e. The second kappa shape index (κ2) is 10.5. The highest BCUT2D eigenvalue weighted by atomic mass is 32.2. The fourth-order valence-corrected chi connectivity index (χ4v) is 4.54. The number of rotatable bonds is 8. The van der Waals surface area contributed by atoms with Crippen LogP contribution in [0.25, 0.3) is 22.2 Å². The van der Waals surface area contributed by atoms with Crippen LogP contribution in [-0.4, -0.2) is 22.9 Å². The quantitative estimate of drug-likeness (QED) is 0.332. The van der Waals surface area contributed by atoms with Crippen molar-refractivity contribution in [1.29, 1.82) is 0 Å². The van der Waals surface area contributed by atoms with E-state index in [1.165, 1.54) is 0 Å². The second-order valence-corrected chi connectivity index (χ2v) is 8.77. The van der Waals surface area contributed by atoms with Crippen LogP contribution in [0, 0.1) is 0 Å². The second-order valence-electron chi connectivity index (χ2n) is 7.78. The van der Waals surface area contributed by atoms with Crippen molar-refractivity contribution in [2.75, 3.05) is 12.0 Å². The number of fused-ring (bicyclic) bond motifs is 1. The highest BCUT2D eigenvalue weighted by Gasteiger charge is 2.23. The Morgan fingerprint density at radius 2 is 1.59 bits per heavy atom. The van der Waals surface area contributed by atoms with E-state index in [2.05, 4.69) is 42.8 Å². The predicted octanol–water partition coefficient (Wildman–Crippen LogP) is 6.69. The van der Waals surface area contributed by atoms with Crippen LogP contribution in [-0.2, 0) is 6.42 Å². The third-order valence-corrected chi connectivity index (χ3v) is 6.35. The molecule has 1 unspecified atom stereocenters. The van der Waals surface area contributed by atoms with Crippen LogP contribution in [0.2, 0.25) is 0 Å². The Morgan fingerprint density at radius 1 is 0.938 bits per heavy atom. The van der Waals surface area contributed by atoms with Gasteiger partial charge in [-0.25, -0.2) is 4.98 Å². The van der Waals surface area contributed by atoms with E-state index in [0.29, 0.717) is 0 Å². The number of aromatic nitrogens is 1. The molecule has 1 amide bonds. The fourth-order valence-electron chi connectivity index (χ4n) is 4.13. The van der Waals surface area contributed by atoms with E-state index in [4.69, 9.17) is 4.98 Å². The molecule has 0 radical (unpaired) electrons. The fraction of sp³-hybridized carbons (Fsp3) is 0.214. The van der Waals surface area contributed by atoms with E-state index in [0.717, 1.165) is 57.4 Å². The van der Waals surface area contributed by atoms with Gasteiger partial charge in [-0.2, -0.15) is 11.8 Å². The summed E-state index contributed by atoms with van der Waals surface area (Å²) in [5.41, 5.74) is 5.67. The molecule has 162 valence electrons. The molecule has 0 aliphatic heterocycles. The van der Waals surface area contributed by atoms with Crippen LogP contribution >= 0.6 is 11.8 Å². The molecule has 0 spiro atoms. The number of nitrogens with one attached hydrogen (secondary N) is 1. The van der Waals surface area contributed by atoms with Gasteiger partial charge >= 0.3 is 0 Å². The minimum absolute atomic E-state index is 0.0346. The maximum Gasteiger partial charge on any atom is 0.252 e. The van der Waals surface area contributed by atoms with Gasteiger partial charge < -0.3 is 5.32 Å². The first-order valence-corrected chi connectivity index (χ1v) is 12.4. The Hall–Kier alpha value is -3.11. The molecular formula is C28H28N2OS. The molecule has 1 heterocycles. The average Bonchev–Trinajstić information content (AvgIpc) is 2.86. The number of carbonyl (C=O) groups is 1. The Balaban J connectivity index is 1.87. The number of pyridine rings is 1. The normalized spacial score (nSPS) is 11.9. The highest BCUT2D eigenvalue weighted by molar-refractivity contribution is 7.98. The third kappa shape index (κ3) is 4.71. The van der Waals surface area contributed by atoms with Gasteiger partial charge in [-0.15, -0.1) is 0 Å². The van der Waals surface area contributed by atoms with E-state index in [9.17, 15) is 4.79 Å². The zero-order chi connectivity index (χ0) is 22.3. The molecule has 4 heteroatoms. The van der Waals surface area contributed by atoms with Gasteiger partial charge in [-0.1, -0.05) is 85.8 Å². The highest BCUT2D eigenvalue weighted by Crippen LogP contribution is 2.32. The maximum absolute atomic E-state index is 13.8. The largest absolute Gasteiger partial charge is 0.345 e. The van der Waals surface area contributed by atoms with Crippen LogP contribution < -0.4 is 5.32 Å². The molecule has 32 heavy (non-hydrogen) atoms. The zero-order valence-electron chi connectivity index (χ0n) is 18.5. The number of carbonyl (C=O) groups excluding carboxylic acids is 1. The summed E-state index contributed by atoms with van der Waals surface area (Å²) in [4.78, 5) is 18.8. The van der Waals surface area contributed by atoms with Crippen molar-refractivity contribution in [1.82, 2.24) is 10.3 Å². The van der Waals surface area contributed by atoms with E-state index >= 15 is 0 Å². The number of para-hydroxylation sites is 1. The van der Waals surface area contributed by atoms with Crippen LogP contribution in [0.3, 0.4) is 0 Å². The molecule has 3 aromatic carbocycles. The molecule has 1 N–H and O–H groups in total. The van der Waals surface area contributed by atoms with E-state index in [1.54, 1.807) is 11.8 Å². The summed E-state index contributed by atoms with van der Waals surface area (Å²) >= 11 is 1.78. The minimum Gasteiger partial charge on any atom is -0.345 e. The Labute approximate surface area is 194 Å². The summed E-state index contributed by atoms with van der Waals surface area (Å²) < 4.78 is 0. The molecule has 1 aromatic heterocycles.